The molecule has 5 rings (SSSR count). The number of likely N-dealkylation sites (tertiary alicyclic amines) is 2. The third-order valence-corrected chi connectivity index (χ3v) is 7.14. The van der Waals surface area contributed by atoms with Gasteiger partial charge in [0.15, 0.2) is 29.1 Å². The van der Waals surface area contributed by atoms with Crippen molar-refractivity contribution < 1.29 is 31.9 Å². The topological polar surface area (TPSA) is 49.9 Å². The highest BCUT2D eigenvalue weighted by Crippen LogP contribution is 2.25. The largest absolute Gasteiger partial charge is 0.492 e. The predicted molar refractivity (Wildman–Crippen MR) is 147 cm³/mol. The summed E-state index contributed by atoms with van der Waals surface area (Å²) in [7, 11) is 0. The smallest absolute Gasteiger partial charge is 0.254 e. The molecule has 2 saturated heterocycles. The lowest BCUT2D eigenvalue weighted by atomic mass is 9.93. The van der Waals surface area contributed by atoms with E-state index in [1.807, 2.05) is 0 Å². The Morgan fingerprint density at radius 1 is 0.756 bits per heavy atom. The molecule has 2 heterocycles. The number of halogens is 4. The van der Waals surface area contributed by atoms with Crippen LogP contribution in [0.5, 0.6) is 5.75 Å². The molecule has 0 radical (unpaired) electrons. The van der Waals surface area contributed by atoms with Crippen LogP contribution in [0.1, 0.15) is 34.3 Å². The van der Waals surface area contributed by atoms with Gasteiger partial charge in [0.25, 0.3) is 5.91 Å². The molecule has 2 aliphatic rings. The van der Waals surface area contributed by atoms with Crippen molar-refractivity contribution in [2.45, 2.75) is 12.8 Å². The number of benzene rings is 3. The third kappa shape index (κ3) is 6.92. The minimum Gasteiger partial charge on any atom is -0.492 e. The maximum atomic E-state index is 13.8. The molecule has 2 aliphatic heterocycles. The zero-order valence-corrected chi connectivity index (χ0v) is 22.2. The summed E-state index contributed by atoms with van der Waals surface area (Å²) in [6, 6.07) is 13.2. The van der Waals surface area contributed by atoms with Gasteiger partial charge in [-0.25, -0.2) is 17.6 Å². The molecule has 2 fully saturated rings. The molecular formula is C32H28F4N2O3. The minimum absolute atomic E-state index is 0.0835. The summed E-state index contributed by atoms with van der Waals surface area (Å²) in [5.41, 5.74) is 1.16. The molecule has 9 heteroatoms. The van der Waals surface area contributed by atoms with Gasteiger partial charge >= 0.3 is 0 Å². The first-order valence-electron chi connectivity index (χ1n) is 13.4. The van der Waals surface area contributed by atoms with Gasteiger partial charge in [-0.1, -0.05) is 12.1 Å². The second kappa shape index (κ2) is 12.5. The van der Waals surface area contributed by atoms with Gasteiger partial charge in [0, 0.05) is 23.3 Å². The lowest BCUT2D eigenvalue weighted by molar-refractivity contribution is -0.113. The van der Waals surface area contributed by atoms with Crippen LogP contribution in [0.3, 0.4) is 0 Å². The number of piperidine rings is 1. The average molecular weight is 565 g/mol. The summed E-state index contributed by atoms with van der Waals surface area (Å²) in [6.07, 6.45) is 5.18. The highest BCUT2D eigenvalue weighted by Gasteiger charge is 2.30. The molecule has 1 amide bonds. The van der Waals surface area contributed by atoms with Crippen LogP contribution in [0.25, 0.3) is 12.2 Å². The van der Waals surface area contributed by atoms with Crippen LogP contribution in [-0.4, -0.2) is 60.8 Å². The van der Waals surface area contributed by atoms with Crippen molar-refractivity contribution >= 4 is 23.8 Å². The maximum Gasteiger partial charge on any atom is 0.254 e. The fourth-order valence-corrected chi connectivity index (χ4v) is 4.96. The lowest BCUT2D eigenvalue weighted by Crippen LogP contribution is -2.41. The predicted octanol–water partition coefficient (Wildman–Crippen LogP) is 5.91. The summed E-state index contributed by atoms with van der Waals surface area (Å²) in [5, 5.41) is 0. The Bertz CT molecular complexity index is 1440. The molecule has 212 valence electrons. The second-order valence-corrected chi connectivity index (χ2v) is 10.1. The normalized spacial score (nSPS) is 18.0. The Kier molecular flexibility index (Phi) is 8.64. The fraction of sp³-hybridized carbons (Fsp3) is 0.250. The van der Waals surface area contributed by atoms with Gasteiger partial charge in [0.05, 0.1) is 13.1 Å². The van der Waals surface area contributed by atoms with E-state index in [1.165, 1.54) is 42.0 Å². The van der Waals surface area contributed by atoms with Gasteiger partial charge in [-0.05, 0) is 97.7 Å². The van der Waals surface area contributed by atoms with E-state index in [-0.39, 0.29) is 41.3 Å². The number of ketones is 1. The van der Waals surface area contributed by atoms with E-state index in [0.717, 1.165) is 43.9 Å². The number of rotatable bonds is 7. The first-order valence-corrected chi connectivity index (χ1v) is 13.4. The number of hydrogen-bond donors (Lipinski definition) is 0. The first-order chi connectivity index (χ1) is 19.8. The summed E-state index contributed by atoms with van der Waals surface area (Å²) < 4.78 is 60.4. The van der Waals surface area contributed by atoms with Crippen molar-refractivity contribution in [2.24, 2.45) is 0 Å². The third-order valence-electron chi connectivity index (χ3n) is 7.14. The molecular weight excluding hydrogens is 536 g/mol. The van der Waals surface area contributed by atoms with E-state index >= 15 is 0 Å². The standard InChI is InChI=1S/C32H28F4N2O3/c33-27-9-3-21(17-29(27)35)15-24-19-38(20-25(31(24)39)16-22-4-10-28(34)30(36)18-22)32(40)23-5-7-26(8-6-23)41-14-13-37-11-1-2-12-37/h3-10,15-18H,1-2,11-14,19-20H2/b24-15+,25-16+. The Morgan fingerprint density at radius 3 is 1.80 bits per heavy atom. The van der Waals surface area contributed by atoms with Gasteiger partial charge < -0.3 is 9.64 Å². The lowest BCUT2D eigenvalue weighted by Gasteiger charge is -2.30. The van der Waals surface area contributed by atoms with Crippen LogP contribution >= 0.6 is 0 Å². The monoisotopic (exact) mass is 564 g/mol. The molecule has 5 nitrogen and oxygen atoms in total. The highest BCUT2D eigenvalue weighted by atomic mass is 19.2. The van der Waals surface area contributed by atoms with Gasteiger partial charge in [-0.15, -0.1) is 0 Å². The van der Waals surface area contributed by atoms with Crippen LogP contribution in [0.15, 0.2) is 71.8 Å². The van der Waals surface area contributed by atoms with E-state index in [0.29, 0.717) is 17.9 Å². The number of hydrogen-bond acceptors (Lipinski definition) is 4. The zero-order chi connectivity index (χ0) is 28.9. The fourth-order valence-electron chi connectivity index (χ4n) is 4.96. The molecule has 0 aromatic heterocycles. The maximum absolute atomic E-state index is 13.8. The summed E-state index contributed by atoms with van der Waals surface area (Å²) in [6.45, 7) is 3.36. The Balaban J connectivity index is 1.38. The van der Waals surface area contributed by atoms with Crippen LogP contribution in [0.2, 0.25) is 0 Å². The van der Waals surface area contributed by atoms with Gasteiger partial charge in [-0.3, -0.25) is 14.5 Å². The number of ether oxygens (including phenoxy) is 1. The van der Waals surface area contributed by atoms with Gasteiger partial charge in [-0.2, -0.15) is 0 Å². The average Bonchev–Trinajstić information content (AvgIpc) is 3.48. The summed E-state index contributed by atoms with van der Waals surface area (Å²) in [4.78, 5) is 30.6. The molecule has 41 heavy (non-hydrogen) atoms. The quantitative estimate of drug-likeness (QED) is 0.265. The molecule has 0 bridgehead atoms. The molecule has 0 spiro atoms. The van der Waals surface area contributed by atoms with Crippen LogP contribution in [0.4, 0.5) is 17.6 Å². The van der Waals surface area contributed by atoms with Gasteiger partial charge in [0.2, 0.25) is 0 Å². The number of amides is 1. The summed E-state index contributed by atoms with van der Waals surface area (Å²) >= 11 is 0. The van der Waals surface area contributed by atoms with Crippen molar-refractivity contribution in [3.8, 4) is 5.75 Å². The SMILES string of the molecule is O=C1/C(=C/c2ccc(F)c(F)c2)CN(C(=O)c2ccc(OCCN3CCCC3)cc2)C/C1=C\c1ccc(F)c(F)c1. The van der Waals surface area contributed by atoms with E-state index in [9.17, 15) is 27.2 Å². The van der Waals surface area contributed by atoms with E-state index < -0.39 is 29.1 Å². The van der Waals surface area contributed by atoms with Crippen molar-refractivity contribution in [1.29, 1.82) is 0 Å². The zero-order valence-electron chi connectivity index (χ0n) is 22.2. The number of Topliss-reactive ketones (excluding diaryl/α,β-unsaturated/α-hetero) is 1. The molecule has 0 aliphatic carbocycles. The first kappa shape index (κ1) is 28.3. The molecule has 0 saturated carbocycles. The molecule has 0 N–H and O–H groups in total. The highest BCUT2D eigenvalue weighted by molar-refractivity contribution is 6.15. The number of carbonyl (C=O) groups excluding carboxylic acids is 2. The van der Waals surface area contributed by atoms with Crippen LogP contribution in [0, 0.1) is 23.3 Å². The van der Waals surface area contributed by atoms with E-state index in [4.69, 9.17) is 4.74 Å². The Hall–Kier alpha value is -4.24. The number of carbonyl (C=O) groups is 2. The minimum atomic E-state index is -1.07. The van der Waals surface area contributed by atoms with Crippen molar-refractivity contribution in [2.75, 3.05) is 39.3 Å². The molecule has 0 unspecified atom stereocenters. The molecule has 0 atom stereocenters. The van der Waals surface area contributed by atoms with Crippen LogP contribution < -0.4 is 4.74 Å². The molecule has 3 aromatic rings. The van der Waals surface area contributed by atoms with Crippen LogP contribution in [-0.2, 0) is 4.79 Å². The second-order valence-electron chi connectivity index (χ2n) is 10.1. The van der Waals surface area contributed by atoms with Gasteiger partial charge in [0.1, 0.15) is 12.4 Å². The molecule has 3 aromatic carbocycles. The van der Waals surface area contributed by atoms with E-state index in [2.05, 4.69) is 4.90 Å². The Labute approximate surface area is 235 Å². The van der Waals surface area contributed by atoms with Crippen molar-refractivity contribution in [3.63, 3.8) is 0 Å². The Morgan fingerprint density at radius 2 is 1.29 bits per heavy atom. The van der Waals surface area contributed by atoms with E-state index in [1.54, 1.807) is 24.3 Å². The summed E-state index contributed by atoms with van der Waals surface area (Å²) in [5.74, 6) is -4.37. The van der Waals surface area contributed by atoms with Crippen molar-refractivity contribution in [3.05, 3.63) is 112 Å². The number of nitrogens with zero attached hydrogens (tertiary/aromatic N) is 2. The van der Waals surface area contributed by atoms with Crippen molar-refractivity contribution in [1.82, 2.24) is 9.80 Å².